The molecular formula is C18H14ClN3OS. The van der Waals surface area contributed by atoms with Gasteiger partial charge < -0.3 is 5.32 Å². The number of hydrogen-bond acceptors (Lipinski definition) is 3. The number of halogens is 1. The van der Waals surface area contributed by atoms with E-state index in [9.17, 15) is 4.79 Å². The fraction of sp³-hybridized carbons (Fsp3) is 0.111. The molecule has 1 aliphatic rings. The van der Waals surface area contributed by atoms with Crippen molar-refractivity contribution in [2.24, 2.45) is 0 Å². The third-order valence-corrected chi connectivity index (χ3v) is 5.47. The Morgan fingerprint density at radius 3 is 2.88 bits per heavy atom. The van der Waals surface area contributed by atoms with E-state index in [1.807, 2.05) is 42.5 Å². The van der Waals surface area contributed by atoms with Gasteiger partial charge in [-0.05, 0) is 23.8 Å². The van der Waals surface area contributed by atoms with E-state index in [2.05, 4.69) is 16.5 Å². The average molecular weight is 356 g/mol. The number of thioether (sulfide) groups is 1. The molecule has 3 aromatic rings. The van der Waals surface area contributed by atoms with Crippen LogP contribution in [0.2, 0.25) is 5.02 Å². The molecule has 0 fully saturated rings. The van der Waals surface area contributed by atoms with Gasteiger partial charge in [0.05, 0.1) is 34.7 Å². The van der Waals surface area contributed by atoms with E-state index in [1.165, 1.54) is 4.90 Å². The van der Waals surface area contributed by atoms with Gasteiger partial charge in [0.15, 0.2) is 0 Å². The van der Waals surface area contributed by atoms with Crippen LogP contribution in [0.5, 0.6) is 0 Å². The lowest BCUT2D eigenvalue weighted by Gasteiger charge is -2.10. The molecule has 0 saturated heterocycles. The van der Waals surface area contributed by atoms with Gasteiger partial charge in [0, 0.05) is 10.6 Å². The summed E-state index contributed by atoms with van der Waals surface area (Å²) < 4.78 is 1.66. The Morgan fingerprint density at radius 1 is 1.21 bits per heavy atom. The number of carbonyl (C=O) groups is 1. The monoisotopic (exact) mass is 355 g/mol. The van der Waals surface area contributed by atoms with Crippen LogP contribution < -0.4 is 5.32 Å². The maximum Gasteiger partial charge on any atom is 0.232 e. The lowest BCUT2D eigenvalue weighted by Crippen LogP contribution is -2.20. The smallest absolute Gasteiger partial charge is 0.232 e. The summed E-state index contributed by atoms with van der Waals surface area (Å²) >= 11 is 7.90. The van der Waals surface area contributed by atoms with Gasteiger partial charge in [0.25, 0.3) is 0 Å². The fourth-order valence-electron chi connectivity index (χ4n) is 2.77. The first-order valence-electron chi connectivity index (χ1n) is 7.54. The number of hydrogen-bond donors (Lipinski definition) is 1. The van der Waals surface area contributed by atoms with Gasteiger partial charge in [0.1, 0.15) is 0 Å². The minimum absolute atomic E-state index is 0.00819. The zero-order valence-electron chi connectivity index (χ0n) is 12.6. The van der Waals surface area contributed by atoms with Crippen molar-refractivity contribution in [2.75, 3.05) is 11.1 Å². The Kier molecular flexibility index (Phi) is 4.04. The van der Waals surface area contributed by atoms with Crippen LogP contribution >= 0.6 is 23.4 Å². The van der Waals surface area contributed by atoms with Crippen molar-refractivity contribution >= 4 is 35.0 Å². The van der Waals surface area contributed by atoms with Crippen molar-refractivity contribution in [3.05, 3.63) is 71.5 Å². The SMILES string of the molecule is O=C(Nc1cnn(-c2ccccc2Cl)c1)C1CSc2ccccc21. The molecule has 4 rings (SSSR count). The number of para-hydroxylation sites is 1. The molecule has 24 heavy (non-hydrogen) atoms. The molecule has 120 valence electrons. The Morgan fingerprint density at radius 2 is 2.00 bits per heavy atom. The molecule has 4 nitrogen and oxygen atoms in total. The second-order valence-electron chi connectivity index (χ2n) is 5.52. The highest BCUT2D eigenvalue weighted by Gasteiger charge is 2.29. The highest BCUT2D eigenvalue weighted by molar-refractivity contribution is 7.99. The summed E-state index contributed by atoms with van der Waals surface area (Å²) in [6.45, 7) is 0. The summed E-state index contributed by atoms with van der Waals surface area (Å²) in [5.41, 5.74) is 2.54. The van der Waals surface area contributed by atoms with Crippen LogP contribution in [0, 0.1) is 0 Å². The summed E-state index contributed by atoms with van der Waals surface area (Å²) in [6.07, 6.45) is 3.41. The van der Waals surface area contributed by atoms with Crippen LogP contribution in [0.4, 0.5) is 5.69 Å². The lowest BCUT2D eigenvalue weighted by atomic mass is 10.0. The molecule has 1 atom stereocenters. The molecule has 0 spiro atoms. The summed E-state index contributed by atoms with van der Waals surface area (Å²) in [6, 6.07) is 15.5. The van der Waals surface area contributed by atoms with Gasteiger partial charge in [-0.15, -0.1) is 11.8 Å². The molecule has 0 saturated carbocycles. The number of benzene rings is 2. The molecule has 1 N–H and O–H groups in total. The third-order valence-electron chi connectivity index (χ3n) is 3.97. The number of amides is 1. The van der Waals surface area contributed by atoms with Crippen LogP contribution in [0.25, 0.3) is 5.69 Å². The predicted octanol–water partition coefficient (Wildman–Crippen LogP) is 4.35. The number of fused-ring (bicyclic) bond motifs is 1. The first-order chi connectivity index (χ1) is 11.7. The fourth-order valence-corrected chi connectivity index (χ4v) is 4.22. The van der Waals surface area contributed by atoms with E-state index < -0.39 is 0 Å². The van der Waals surface area contributed by atoms with Crippen molar-refractivity contribution < 1.29 is 4.79 Å². The molecule has 1 aromatic heterocycles. The summed E-state index contributed by atoms with van der Waals surface area (Å²) in [7, 11) is 0. The summed E-state index contributed by atoms with van der Waals surface area (Å²) in [4.78, 5) is 13.8. The van der Waals surface area contributed by atoms with Gasteiger partial charge in [0.2, 0.25) is 5.91 Å². The Balaban J connectivity index is 1.53. The predicted molar refractivity (Wildman–Crippen MR) is 97.1 cm³/mol. The van der Waals surface area contributed by atoms with Crippen LogP contribution in [-0.4, -0.2) is 21.4 Å². The zero-order chi connectivity index (χ0) is 16.5. The van der Waals surface area contributed by atoms with Gasteiger partial charge in [-0.1, -0.05) is 41.9 Å². The van der Waals surface area contributed by atoms with Crippen LogP contribution in [0.1, 0.15) is 11.5 Å². The van der Waals surface area contributed by atoms with Crippen LogP contribution in [0.3, 0.4) is 0 Å². The van der Waals surface area contributed by atoms with Gasteiger partial charge in [-0.2, -0.15) is 5.10 Å². The number of rotatable bonds is 3. The molecule has 0 bridgehead atoms. The molecule has 0 radical (unpaired) electrons. The molecule has 6 heteroatoms. The van der Waals surface area contributed by atoms with E-state index in [1.54, 1.807) is 28.8 Å². The molecule has 1 amide bonds. The van der Waals surface area contributed by atoms with Gasteiger partial charge in [-0.25, -0.2) is 4.68 Å². The molecule has 2 aromatic carbocycles. The van der Waals surface area contributed by atoms with E-state index in [0.29, 0.717) is 10.7 Å². The standard InChI is InChI=1S/C18H14ClN3OS/c19-15-6-2-3-7-16(15)22-10-12(9-20-22)21-18(23)14-11-24-17-8-4-1-5-13(14)17/h1-10,14H,11H2,(H,21,23). The molecule has 1 unspecified atom stereocenters. The van der Waals surface area contributed by atoms with Crippen molar-refractivity contribution in [3.63, 3.8) is 0 Å². The van der Waals surface area contributed by atoms with Crippen molar-refractivity contribution in [3.8, 4) is 5.69 Å². The molecular weight excluding hydrogens is 342 g/mol. The highest BCUT2D eigenvalue weighted by atomic mass is 35.5. The molecule has 2 heterocycles. The van der Waals surface area contributed by atoms with Crippen molar-refractivity contribution in [2.45, 2.75) is 10.8 Å². The first-order valence-corrected chi connectivity index (χ1v) is 8.91. The topological polar surface area (TPSA) is 46.9 Å². The largest absolute Gasteiger partial charge is 0.323 e. The maximum absolute atomic E-state index is 12.6. The van der Waals surface area contributed by atoms with E-state index in [-0.39, 0.29) is 11.8 Å². The van der Waals surface area contributed by atoms with Gasteiger partial charge >= 0.3 is 0 Å². The van der Waals surface area contributed by atoms with E-state index in [0.717, 1.165) is 17.0 Å². The lowest BCUT2D eigenvalue weighted by molar-refractivity contribution is -0.117. The number of aromatic nitrogens is 2. The van der Waals surface area contributed by atoms with Crippen LogP contribution in [-0.2, 0) is 4.79 Å². The van der Waals surface area contributed by atoms with Crippen LogP contribution in [0.15, 0.2) is 65.8 Å². The second-order valence-corrected chi connectivity index (χ2v) is 6.98. The minimum Gasteiger partial charge on any atom is -0.323 e. The molecule has 1 aliphatic heterocycles. The number of nitrogens with one attached hydrogen (secondary N) is 1. The highest BCUT2D eigenvalue weighted by Crippen LogP contribution is 2.39. The minimum atomic E-state index is -0.130. The van der Waals surface area contributed by atoms with E-state index >= 15 is 0 Å². The Bertz CT molecular complexity index is 909. The summed E-state index contributed by atoms with van der Waals surface area (Å²) in [5.74, 6) is 0.630. The first kappa shape index (κ1) is 15.3. The Hall–Kier alpha value is -2.24. The zero-order valence-corrected chi connectivity index (χ0v) is 14.2. The molecule has 0 aliphatic carbocycles. The normalized spacial score (nSPS) is 16.0. The maximum atomic E-state index is 12.6. The number of carbonyl (C=O) groups excluding carboxylic acids is 1. The quantitative estimate of drug-likeness (QED) is 0.759. The van der Waals surface area contributed by atoms with Crippen molar-refractivity contribution in [1.29, 1.82) is 0 Å². The Labute approximate surface area is 148 Å². The third kappa shape index (κ3) is 2.81. The number of nitrogens with zero attached hydrogens (tertiary/aromatic N) is 2. The summed E-state index contributed by atoms with van der Waals surface area (Å²) in [5, 5.41) is 7.85. The van der Waals surface area contributed by atoms with Crippen molar-refractivity contribution in [1.82, 2.24) is 9.78 Å². The average Bonchev–Trinajstić information content (AvgIpc) is 3.22. The van der Waals surface area contributed by atoms with Gasteiger partial charge in [-0.3, -0.25) is 4.79 Å². The van der Waals surface area contributed by atoms with E-state index in [4.69, 9.17) is 11.6 Å². The number of anilines is 1. The second kappa shape index (κ2) is 6.34.